The Hall–Kier alpha value is -0.830. The molecule has 20 heavy (non-hydrogen) atoms. The van der Waals surface area contributed by atoms with Crippen LogP contribution in [0.15, 0.2) is 6.07 Å². The first kappa shape index (κ1) is 15.6. The van der Waals surface area contributed by atoms with Crippen LogP contribution in [0.4, 0.5) is 0 Å². The molecule has 0 spiro atoms. The second kappa shape index (κ2) is 6.30. The maximum absolute atomic E-state index is 6.59. The van der Waals surface area contributed by atoms with Gasteiger partial charge in [0, 0.05) is 24.7 Å². The minimum absolute atomic E-state index is 0.261. The number of hydrogen-bond donors (Lipinski definition) is 1. The van der Waals surface area contributed by atoms with Crippen molar-refractivity contribution in [2.45, 2.75) is 78.8 Å². The summed E-state index contributed by atoms with van der Waals surface area (Å²) in [5, 5.41) is 4.64. The zero-order chi connectivity index (χ0) is 14.8. The van der Waals surface area contributed by atoms with Crippen LogP contribution in [0.2, 0.25) is 0 Å². The molecule has 0 amide bonds. The molecule has 2 unspecified atom stereocenters. The number of hydrogen-bond acceptors (Lipinski definition) is 2. The Balaban J connectivity index is 2.10. The van der Waals surface area contributed by atoms with E-state index in [1.807, 2.05) is 0 Å². The number of rotatable bonds is 5. The summed E-state index contributed by atoms with van der Waals surface area (Å²) in [7, 11) is 0. The third-order valence-corrected chi connectivity index (χ3v) is 5.13. The molecular formula is C17H31N3. The summed E-state index contributed by atoms with van der Waals surface area (Å²) in [6.07, 6.45) is 7.28. The van der Waals surface area contributed by atoms with Crippen LogP contribution < -0.4 is 5.73 Å². The maximum Gasteiger partial charge on any atom is 0.0624 e. The highest BCUT2D eigenvalue weighted by atomic mass is 15.3. The van der Waals surface area contributed by atoms with Crippen molar-refractivity contribution in [3.8, 4) is 0 Å². The highest BCUT2D eigenvalue weighted by Gasteiger charge is 2.36. The van der Waals surface area contributed by atoms with Gasteiger partial charge in [0.05, 0.1) is 5.69 Å². The van der Waals surface area contributed by atoms with Gasteiger partial charge in [-0.05, 0) is 43.6 Å². The molecule has 0 aliphatic heterocycles. The molecule has 2 atom stereocenters. The fourth-order valence-electron chi connectivity index (χ4n) is 3.82. The fourth-order valence-corrected chi connectivity index (χ4v) is 3.82. The van der Waals surface area contributed by atoms with Gasteiger partial charge >= 0.3 is 0 Å². The van der Waals surface area contributed by atoms with E-state index in [2.05, 4.69) is 43.5 Å². The topological polar surface area (TPSA) is 43.8 Å². The van der Waals surface area contributed by atoms with Gasteiger partial charge < -0.3 is 5.73 Å². The summed E-state index contributed by atoms with van der Waals surface area (Å²) in [4.78, 5) is 0. The van der Waals surface area contributed by atoms with E-state index in [1.165, 1.54) is 37.1 Å². The molecule has 3 heteroatoms. The molecule has 0 saturated heterocycles. The standard InChI is InChI=1S/C17H31N3/c1-5-13-11-14(20(6-2)19-13)12-16(18)15-9-7-8-10-17(15,3)4/h11,15-16H,5-10,12,18H2,1-4H3. The molecule has 3 nitrogen and oxygen atoms in total. The lowest BCUT2D eigenvalue weighted by atomic mass is 9.65. The van der Waals surface area contributed by atoms with E-state index < -0.39 is 0 Å². The first-order valence-electron chi connectivity index (χ1n) is 8.29. The van der Waals surface area contributed by atoms with Crippen molar-refractivity contribution in [2.75, 3.05) is 0 Å². The minimum Gasteiger partial charge on any atom is -0.327 e. The molecule has 1 heterocycles. The SMILES string of the molecule is CCc1cc(CC(N)C2CCCCC2(C)C)n(CC)n1. The van der Waals surface area contributed by atoms with Crippen molar-refractivity contribution in [3.63, 3.8) is 0 Å². The van der Waals surface area contributed by atoms with Gasteiger partial charge in [-0.3, -0.25) is 4.68 Å². The summed E-state index contributed by atoms with van der Waals surface area (Å²) in [6.45, 7) is 10.1. The highest BCUT2D eigenvalue weighted by Crippen LogP contribution is 2.42. The number of aryl methyl sites for hydroxylation is 2. The van der Waals surface area contributed by atoms with Crippen LogP contribution in [0.5, 0.6) is 0 Å². The average Bonchev–Trinajstić information content (AvgIpc) is 2.80. The molecule has 0 aromatic carbocycles. The summed E-state index contributed by atoms with van der Waals surface area (Å²) in [5.41, 5.74) is 9.49. The Bertz CT molecular complexity index is 433. The third kappa shape index (κ3) is 3.25. The summed E-state index contributed by atoms with van der Waals surface area (Å²) in [5.74, 6) is 0.640. The Morgan fingerprint density at radius 3 is 2.75 bits per heavy atom. The molecular weight excluding hydrogens is 246 g/mol. The predicted octanol–water partition coefficient (Wildman–Crippen LogP) is 3.55. The van der Waals surface area contributed by atoms with Crippen molar-refractivity contribution in [1.82, 2.24) is 9.78 Å². The maximum atomic E-state index is 6.59. The molecule has 1 saturated carbocycles. The number of nitrogens with two attached hydrogens (primary N) is 1. The van der Waals surface area contributed by atoms with Crippen LogP contribution in [-0.4, -0.2) is 15.8 Å². The lowest BCUT2D eigenvalue weighted by Gasteiger charge is -2.42. The summed E-state index contributed by atoms with van der Waals surface area (Å²) >= 11 is 0. The zero-order valence-electron chi connectivity index (χ0n) is 13.7. The monoisotopic (exact) mass is 277 g/mol. The van der Waals surface area contributed by atoms with Crippen LogP contribution in [-0.2, 0) is 19.4 Å². The van der Waals surface area contributed by atoms with E-state index >= 15 is 0 Å². The molecule has 0 bridgehead atoms. The predicted molar refractivity (Wildman–Crippen MR) is 84.7 cm³/mol. The van der Waals surface area contributed by atoms with Gasteiger partial charge in [-0.25, -0.2) is 0 Å². The second-order valence-corrected chi connectivity index (χ2v) is 7.01. The first-order chi connectivity index (χ1) is 9.47. The van der Waals surface area contributed by atoms with Crippen molar-refractivity contribution in [2.24, 2.45) is 17.1 Å². The van der Waals surface area contributed by atoms with Crippen LogP contribution in [0.1, 0.15) is 64.8 Å². The highest BCUT2D eigenvalue weighted by molar-refractivity contribution is 5.12. The molecule has 2 N–H and O–H groups in total. The van der Waals surface area contributed by atoms with E-state index in [4.69, 9.17) is 5.73 Å². The van der Waals surface area contributed by atoms with Gasteiger partial charge in [-0.2, -0.15) is 5.10 Å². The van der Waals surface area contributed by atoms with Crippen LogP contribution >= 0.6 is 0 Å². The molecule has 2 rings (SSSR count). The van der Waals surface area contributed by atoms with E-state index in [9.17, 15) is 0 Å². The van der Waals surface area contributed by atoms with E-state index in [0.717, 1.165) is 19.4 Å². The fraction of sp³-hybridized carbons (Fsp3) is 0.824. The van der Waals surface area contributed by atoms with Gasteiger partial charge in [0.15, 0.2) is 0 Å². The van der Waals surface area contributed by atoms with Crippen molar-refractivity contribution >= 4 is 0 Å². The molecule has 1 fully saturated rings. The largest absolute Gasteiger partial charge is 0.327 e. The number of nitrogens with zero attached hydrogens (tertiary/aromatic N) is 2. The van der Waals surface area contributed by atoms with Gasteiger partial charge in [0.25, 0.3) is 0 Å². The molecule has 1 aliphatic carbocycles. The average molecular weight is 277 g/mol. The van der Waals surface area contributed by atoms with Crippen molar-refractivity contribution in [1.29, 1.82) is 0 Å². The Morgan fingerprint density at radius 2 is 2.15 bits per heavy atom. The van der Waals surface area contributed by atoms with E-state index in [1.54, 1.807) is 0 Å². The normalized spacial score (nSPS) is 23.8. The summed E-state index contributed by atoms with van der Waals surface area (Å²) < 4.78 is 2.13. The minimum atomic E-state index is 0.261. The Kier molecular flexibility index (Phi) is 4.90. The summed E-state index contributed by atoms with van der Waals surface area (Å²) in [6, 6.07) is 2.51. The van der Waals surface area contributed by atoms with Crippen LogP contribution in [0.3, 0.4) is 0 Å². The van der Waals surface area contributed by atoms with Crippen molar-refractivity contribution in [3.05, 3.63) is 17.5 Å². The van der Waals surface area contributed by atoms with Crippen LogP contribution in [0.25, 0.3) is 0 Å². The van der Waals surface area contributed by atoms with Gasteiger partial charge in [0.1, 0.15) is 0 Å². The molecule has 114 valence electrons. The van der Waals surface area contributed by atoms with E-state index in [-0.39, 0.29) is 6.04 Å². The van der Waals surface area contributed by atoms with Gasteiger partial charge in [0.2, 0.25) is 0 Å². The zero-order valence-corrected chi connectivity index (χ0v) is 13.7. The van der Waals surface area contributed by atoms with Crippen LogP contribution in [0, 0.1) is 11.3 Å². The molecule has 0 radical (unpaired) electrons. The molecule has 1 aromatic rings. The lowest BCUT2D eigenvalue weighted by molar-refractivity contribution is 0.112. The van der Waals surface area contributed by atoms with Gasteiger partial charge in [-0.15, -0.1) is 0 Å². The first-order valence-corrected chi connectivity index (χ1v) is 8.29. The van der Waals surface area contributed by atoms with Crippen molar-refractivity contribution < 1.29 is 0 Å². The molecule has 1 aromatic heterocycles. The smallest absolute Gasteiger partial charge is 0.0624 e. The lowest BCUT2D eigenvalue weighted by Crippen LogP contribution is -2.43. The third-order valence-electron chi connectivity index (χ3n) is 5.13. The molecule has 1 aliphatic rings. The number of aromatic nitrogens is 2. The van der Waals surface area contributed by atoms with Gasteiger partial charge in [-0.1, -0.05) is 33.6 Å². The quantitative estimate of drug-likeness (QED) is 0.894. The Morgan fingerprint density at radius 1 is 1.40 bits per heavy atom. The van der Waals surface area contributed by atoms with E-state index in [0.29, 0.717) is 11.3 Å². The second-order valence-electron chi connectivity index (χ2n) is 7.01. The Labute approximate surface area is 123 Å².